The number of rotatable bonds is 6. The van der Waals surface area contributed by atoms with E-state index in [1.165, 1.54) is 0 Å². The van der Waals surface area contributed by atoms with E-state index in [-0.39, 0.29) is 30.6 Å². The van der Waals surface area contributed by atoms with E-state index in [9.17, 15) is 9.59 Å². The molecule has 2 rings (SSSR count). The summed E-state index contributed by atoms with van der Waals surface area (Å²) in [6, 6.07) is 13.4. The third kappa shape index (κ3) is 5.02. The smallest absolute Gasteiger partial charge is 0.251 e. The van der Waals surface area contributed by atoms with Crippen LogP contribution in [0, 0.1) is 0 Å². The Morgan fingerprint density at radius 1 is 0.955 bits per heavy atom. The van der Waals surface area contributed by atoms with Crippen LogP contribution in [-0.2, 0) is 4.79 Å². The molecule has 118 valence electrons. The number of amides is 2. The lowest BCUT2D eigenvalue weighted by Gasteiger charge is -2.07. The maximum absolute atomic E-state index is 12.0. The third-order valence-electron chi connectivity index (χ3n) is 3.12. The first-order valence-corrected chi connectivity index (χ1v) is 6.94. The van der Waals surface area contributed by atoms with Gasteiger partial charge in [-0.2, -0.15) is 0 Å². The monoisotopic (exact) mass is 321 g/mol. The van der Waals surface area contributed by atoms with Crippen LogP contribution in [0.2, 0.25) is 0 Å². The molecule has 4 N–H and O–H groups in total. The molecule has 0 fully saturated rings. The number of fused-ring (bicyclic) bond motifs is 1. The van der Waals surface area contributed by atoms with Crippen molar-refractivity contribution < 1.29 is 9.59 Å². The Morgan fingerprint density at radius 2 is 1.68 bits per heavy atom. The summed E-state index contributed by atoms with van der Waals surface area (Å²) in [5, 5.41) is 7.51. The Hall–Kier alpha value is -2.11. The maximum atomic E-state index is 12.0. The average Bonchev–Trinajstić information content (AvgIpc) is 2.52. The third-order valence-corrected chi connectivity index (χ3v) is 3.12. The molecule has 6 heteroatoms. The molecule has 2 amide bonds. The van der Waals surface area contributed by atoms with Crippen LogP contribution in [0.4, 0.5) is 0 Å². The number of carbonyl (C=O) groups is 2. The van der Waals surface area contributed by atoms with Crippen molar-refractivity contribution in [1.82, 2.24) is 10.6 Å². The highest BCUT2D eigenvalue weighted by Crippen LogP contribution is 2.15. The second-order valence-corrected chi connectivity index (χ2v) is 4.71. The van der Waals surface area contributed by atoms with Crippen molar-refractivity contribution in [3.05, 3.63) is 48.0 Å². The zero-order chi connectivity index (χ0) is 15.1. The molecule has 0 aliphatic carbocycles. The first-order chi connectivity index (χ1) is 10.2. The predicted molar refractivity (Wildman–Crippen MR) is 90.2 cm³/mol. The van der Waals surface area contributed by atoms with Gasteiger partial charge in [-0.3, -0.25) is 9.59 Å². The van der Waals surface area contributed by atoms with Crippen LogP contribution < -0.4 is 16.4 Å². The summed E-state index contributed by atoms with van der Waals surface area (Å²) in [6.07, 6.45) is 0.249. The van der Waals surface area contributed by atoms with E-state index >= 15 is 0 Å². The molecule has 0 saturated heterocycles. The molecule has 0 aromatic heterocycles. The van der Waals surface area contributed by atoms with Crippen LogP contribution in [0.15, 0.2) is 42.5 Å². The molecule has 0 atom stereocenters. The highest BCUT2D eigenvalue weighted by molar-refractivity contribution is 5.98. The van der Waals surface area contributed by atoms with Crippen LogP contribution in [0.1, 0.15) is 16.8 Å². The normalized spacial score (nSPS) is 9.86. The Kier molecular flexibility index (Phi) is 7.36. The summed E-state index contributed by atoms with van der Waals surface area (Å²) >= 11 is 0. The molecule has 0 heterocycles. The maximum Gasteiger partial charge on any atom is 0.251 e. The van der Waals surface area contributed by atoms with Crippen LogP contribution in [0.3, 0.4) is 0 Å². The summed E-state index contributed by atoms with van der Waals surface area (Å²) in [5.74, 6) is -0.286. The fourth-order valence-electron chi connectivity index (χ4n) is 2.02. The Morgan fingerprint density at radius 3 is 2.41 bits per heavy atom. The lowest BCUT2D eigenvalue weighted by atomic mass is 10.1. The second kappa shape index (κ2) is 9.02. The lowest BCUT2D eigenvalue weighted by Crippen LogP contribution is -2.33. The minimum Gasteiger partial charge on any atom is -0.355 e. The molecule has 0 aliphatic rings. The van der Waals surface area contributed by atoms with E-state index in [0.29, 0.717) is 25.2 Å². The number of nitrogens with one attached hydrogen (secondary N) is 2. The van der Waals surface area contributed by atoms with Gasteiger partial charge in [0.2, 0.25) is 5.91 Å². The zero-order valence-corrected chi connectivity index (χ0v) is 13.0. The van der Waals surface area contributed by atoms with Crippen molar-refractivity contribution in [2.75, 3.05) is 19.6 Å². The molecule has 0 aliphatic heterocycles. The number of carbonyl (C=O) groups excluding carboxylic acids is 2. The average molecular weight is 322 g/mol. The van der Waals surface area contributed by atoms with Gasteiger partial charge in [-0.15, -0.1) is 12.4 Å². The van der Waals surface area contributed by atoms with Gasteiger partial charge < -0.3 is 16.4 Å². The quantitative estimate of drug-likeness (QED) is 0.753. The van der Waals surface area contributed by atoms with Gasteiger partial charge in [0.1, 0.15) is 0 Å². The van der Waals surface area contributed by atoms with Crippen LogP contribution in [0.5, 0.6) is 0 Å². The summed E-state index contributed by atoms with van der Waals surface area (Å²) in [6.45, 7) is 1.18. The van der Waals surface area contributed by atoms with Crippen molar-refractivity contribution in [2.45, 2.75) is 6.42 Å². The van der Waals surface area contributed by atoms with E-state index < -0.39 is 0 Å². The van der Waals surface area contributed by atoms with E-state index in [4.69, 9.17) is 5.73 Å². The number of benzene rings is 2. The number of hydrogen-bond acceptors (Lipinski definition) is 3. The summed E-state index contributed by atoms with van der Waals surface area (Å²) in [4.78, 5) is 23.4. The number of nitrogens with two attached hydrogens (primary N) is 1. The van der Waals surface area contributed by atoms with Crippen LogP contribution >= 0.6 is 12.4 Å². The fourth-order valence-corrected chi connectivity index (χ4v) is 2.02. The fraction of sp³-hybridized carbons (Fsp3) is 0.250. The SMILES string of the molecule is Cl.NCCNC(=O)CCNC(=O)c1ccc2ccccc2c1. The Balaban J connectivity index is 0.00000242. The van der Waals surface area contributed by atoms with Gasteiger partial charge in [0.15, 0.2) is 0 Å². The van der Waals surface area contributed by atoms with Gasteiger partial charge in [-0.05, 0) is 22.9 Å². The lowest BCUT2D eigenvalue weighted by molar-refractivity contribution is -0.120. The molecule has 0 radical (unpaired) electrons. The van der Waals surface area contributed by atoms with Crippen molar-refractivity contribution >= 4 is 35.0 Å². The highest BCUT2D eigenvalue weighted by Gasteiger charge is 2.07. The van der Waals surface area contributed by atoms with Gasteiger partial charge in [0, 0.05) is 31.6 Å². The molecular formula is C16H20ClN3O2. The standard InChI is InChI=1S/C16H19N3O2.ClH/c17-8-10-18-15(20)7-9-19-16(21)14-6-5-12-3-1-2-4-13(12)11-14;/h1-6,11H,7-10,17H2,(H,18,20)(H,19,21);1H. The molecule has 0 saturated carbocycles. The van der Waals surface area contributed by atoms with Crippen molar-refractivity contribution in [1.29, 1.82) is 0 Å². The van der Waals surface area contributed by atoms with Crippen molar-refractivity contribution in [3.63, 3.8) is 0 Å². The molecule has 2 aromatic rings. The van der Waals surface area contributed by atoms with Crippen molar-refractivity contribution in [2.24, 2.45) is 5.73 Å². The van der Waals surface area contributed by atoms with Gasteiger partial charge in [-0.25, -0.2) is 0 Å². The van der Waals surface area contributed by atoms with Gasteiger partial charge >= 0.3 is 0 Å². The van der Waals surface area contributed by atoms with E-state index in [1.807, 2.05) is 36.4 Å². The molecule has 22 heavy (non-hydrogen) atoms. The Bertz CT molecular complexity index is 646. The van der Waals surface area contributed by atoms with Crippen LogP contribution in [0.25, 0.3) is 10.8 Å². The van der Waals surface area contributed by atoms with Crippen LogP contribution in [-0.4, -0.2) is 31.4 Å². The highest BCUT2D eigenvalue weighted by atomic mass is 35.5. The number of halogens is 1. The van der Waals surface area contributed by atoms with E-state index in [2.05, 4.69) is 10.6 Å². The molecular weight excluding hydrogens is 302 g/mol. The molecule has 0 spiro atoms. The number of hydrogen-bond donors (Lipinski definition) is 3. The van der Waals surface area contributed by atoms with Crippen molar-refractivity contribution in [3.8, 4) is 0 Å². The van der Waals surface area contributed by atoms with E-state index in [0.717, 1.165) is 10.8 Å². The first kappa shape index (κ1) is 17.9. The minimum atomic E-state index is -0.174. The van der Waals surface area contributed by atoms with E-state index in [1.54, 1.807) is 6.07 Å². The summed E-state index contributed by atoms with van der Waals surface area (Å²) in [7, 11) is 0. The molecule has 0 bridgehead atoms. The largest absolute Gasteiger partial charge is 0.355 e. The molecule has 0 unspecified atom stereocenters. The minimum absolute atomic E-state index is 0. The predicted octanol–water partition coefficient (Wildman–Crippen LogP) is 1.46. The second-order valence-electron chi connectivity index (χ2n) is 4.71. The van der Waals surface area contributed by atoms with Gasteiger partial charge in [0.05, 0.1) is 0 Å². The van der Waals surface area contributed by atoms with Gasteiger partial charge in [-0.1, -0.05) is 30.3 Å². The summed E-state index contributed by atoms with van der Waals surface area (Å²) in [5.41, 5.74) is 5.88. The molecule has 5 nitrogen and oxygen atoms in total. The topological polar surface area (TPSA) is 84.2 Å². The summed E-state index contributed by atoms with van der Waals surface area (Å²) < 4.78 is 0. The zero-order valence-electron chi connectivity index (χ0n) is 12.2. The Labute approximate surface area is 135 Å². The van der Waals surface area contributed by atoms with Gasteiger partial charge in [0.25, 0.3) is 5.91 Å². The first-order valence-electron chi connectivity index (χ1n) is 6.94. The molecule has 2 aromatic carbocycles.